The first kappa shape index (κ1) is 14.8. The van der Waals surface area contributed by atoms with Gasteiger partial charge < -0.3 is 20.1 Å². The first-order valence-electron chi connectivity index (χ1n) is 7.06. The standard InChI is InChI=1S/C15H22N2O3/c1-3-7-16-14-12-6-5-11(20-9-4-8-19-2)10-13(12)17-15(14)18/h5-6,10,14,16H,3-4,7-9H2,1-2H3,(H,17,18). The summed E-state index contributed by atoms with van der Waals surface area (Å²) in [7, 11) is 1.67. The van der Waals surface area contributed by atoms with Gasteiger partial charge in [-0.2, -0.15) is 0 Å². The molecule has 0 bridgehead atoms. The Kier molecular flexibility index (Phi) is 5.38. The van der Waals surface area contributed by atoms with Gasteiger partial charge in [-0.05, 0) is 19.0 Å². The van der Waals surface area contributed by atoms with Gasteiger partial charge in [0.25, 0.3) is 0 Å². The highest BCUT2D eigenvalue weighted by Crippen LogP contribution is 2.33. The minimum Gasteiger partial charge on any atom is -0.493 e. The molecular formula is C15H22N2O3. The number of benzene rings is 1. The summed E-state index contributed by atoms with van der Waals surface area (Å²) >= 11 is 0. The Bertz CT molecular complexity index is 462. The predicted octanol–water partition coefficient (Wildman–Crippen LogP) is 2.09. The van der Waals surface area contributed by atoms with Gasteiger partial charge in [0.15, 0.2) is 0 Å². The Morgan fingerprint density at radius 2 is 2.20 bits per heavy atom. The van der Waals surface area contributed by atoms with E-state index in [4.69, 9.17) is 9.47 Å². The number of fused-ring (bicyclic) bond motifs is 1. The van der Waals surface area contributed by atoms with Crippen molar-refractivity contribution >= 4 is 11.6 Å². The zero-order valence-electron chi connectivity index (χ0n) is 12.1. The molecule has 1 unspecified atom stereocenters. The van der Waals surface area contributed by atoms with Crippen molar-refractivity contribution in [3.63, 3.8) is 0 Å². The highest BCUT2D eigenvalue weighted by molar-refractivity contribution is 6.02. The number of amides is 1. The SMILES string of the molecule is CCCNC1C(=O)Nc2cc(OCCCOC)ccc21. The third kappa shape index (κ3) is 3.49. The largest absolute Gasteiger partial charge is 0.493 e. The fourth-order valence-electron chi connectivity index (χ4n) is 2.22. The Labute approximate surface area is 119 Å². The number of carbonyl (C=O) groups is 1. The van der Waals surface area contributed by atoms with Crippen LogP contribution in [0.3, 0.4) is 0 Å². The lowest BCUT2D eigenvalue weighted by molar-refractivity contribution is -0.117. The minimum absolute atomic E-state index is 0.00461. The first-order valence-corrected chi connectivity index (χ1v) is 7.06. The third-order valence-corrected chi connectivity index (χ3v) is 3.22. The number of methoxy groups -OCH3 is 1. The number of hydrogen-bond acceptors (Lipinski definition) is 4. The van der Waals surface area contributed by atoms with E-state index in [0.717, 1.165) is 36.4 Å². The highest BCUT2D eigenvalue weighted by atomic mass is 16.5. The van der Waals surface area contributed by atoms with Crippen LogP contribution in [-0.4, -0.2) is 32.8 Å². The van der Waals surface area contributed by atoms with Crippen molar-refractivity contribution in [1.29, 1.82) is 0 Å². The van der Waals surface area contributed by atoms with E-state index in [9.17, 15) is 4.79 Å². The van der Waals surface area contributed by atoms with Crippen molar-refractivity contribution in [2.24, 2.45) is 0 Å². The lowest BCUT2D eigenvalue weighted by Gasteiger charge is -2.11. The van der Waals surface area contributed by atoms with Gasteiger partial charge in [-0.25, -0.2) is 0 Å². The fraction of sp³-hybridized carbons (Fsp3) is 0.533. The van der Waals surface area contributed by atoms with E-state index in [1.54, 1.807) is 7.11 Å². The lowest BCUT2D eigenvalue weighted by atomic mass is 10.1. The maximum absolute atomic E-state index is 11.9. The summed E-state index contributed by atoms with van der Waals surface area (Å²) in [6.45, 7) is 4.20. The molecular weight excluding hydrogens is 256 g/mol. The molecule has 1 aromatic rings. The van der Waals surface area contributed by atoms with E-state index in [-0.39, 0.29) is 11.9 Å². The van der Waals surface area contributed by atoms with E-state index in [2.05, 4.69) is 17.6 Å². The topological polar surface area (TPSA) is 59.6 Å². The molecule has 0 saturated carbocycles. The second kappa shape index (κ2) is 7.26. The molecule has 1 aromatic carbocycles. The number of anilines is 1. The average Bonchev–Trinajstić information content (AvgIpc) is 2.76. The van der Waals surface area contributed by atoms with E-state index < -0.39 is 0 Å². The Morgan fingerprint density at radius 1 is 1.35 bits per heavy atom. The molecule has 5 heteroatoms. The van der Waals surface area contributed by atoms with E-state index in [1.165, 1.54) is 0 Å². The van der Waals surface area contributed by atoms with Gasteiger partial charge in [-0.3, -0.25) is 4.79 Å². The Hall–Kier alpha value is -1.59. The van der Waals surface area contributed by atoms with Crippen molar-refractivity contribution in [1.82, 2.24) is 5.32 Å². The summed E-state index contributed by atoms with van der Waals surface area (Å²) in [6.07, 6.45) is 1.85. The van der Waals surface area contributed by atoms with Crippen LogP contribution >= 0.6 is 0 Å². The zero-order valence-corrected chi connectivity index (χ0v) is 12.1. The van der Waals surface area contributed by atoms with Crippen LogP contribution in [0, 0.1) is 0 Å². The number of nitrogens with one attached hydrogen (secondary N) is 2. The van der Waals surface area contributed by atoms with Crippen molar-refractivity contribution in [3.8, 4) is 5.75 Å². The van der Waals surface area contributed by atoms with Crippen LogP contribution in [0.5, 0.6) is 5.75 Å². The summed E-state index contributed by atoms with van der Waals surface area (Å²) in [5.74, 6) is 0.779. The second-order valence-corrected chi connectivity index (χ2v) is 4.82. The van der Waals surface area contributed by atoms with Gasteiger partial charge in [-0.15, -0.1) is 0 Å². The third-order valence-electron chi connectivity index (χ3n) is 3.22. The van der Waals surface area contributed by atoms with E-state index >= 15 is 0 Å². The molecule has 20 heavy (non-hydrogen) atoms. The molecule has 5 nitrogen and oxygen atoms in total. The Morgan fingerprint density at radius 3 is 2.95 bits per heavy atom. The molecule has 1 aliphatic heterocycles. The van der Waals surface area contributed by atoms with Crippen LogP contribution in [0.4, 0.5) is 5.69 Å². The van der Waals surface area contributed by atoms with Crippen molar-refractivity contribution < 1.29 is 14.3 Å². The summed E-state index contributed by atoms with van der Waals surface area (Å²) in [5.41, 5.74) is 1.83. The van der Waals surface area contributed by atoms with Crippen molar-refractivity contribution in [2.45, 2.75) is 25.8 Å². The van der Waals surface area contributed by atoms with Crippen LogP contribution in [-0.2, 0) is 9.53 Å². The molecule has 2 N–H and O–H groups in total. The van der Waals surface area contributed by atoms with Crippen LogP contribution in [0.2, 0.25) is 0 Å². The quantitative estimate of drug-likeness (QED) is 0.715. The molecule has 0 spiro atoms. The monoisotopic (exact) mass is 278 g/mol. The highest BCUT2D eigenvalue weighted by Gasteiger charge is 2.29. The van der Waals surface area contributed by atoms with Crippen LogP contribution in [0.25, 0.3) is 0 Å². The lowest BCUT2D eigenvalue weighted by Crippen LogP contribution is -2.27. The molecule has 1 atom stereocenters. The number of carbonyl (C=O) groups excluding carboxylic acids is 1. The number of rotatable bonds is 8. The van der Waals surface area contributed by atoms with E-state index in [0.29, 0.717) is 13.2 Å². The molecule has 0 saturated heterocycles. The first-order chi connectivity index (χ1) is 9.76. The summed E-state index contributed by atoms with van der Waals surface area (Å²) in [5, 5.41) is 6.14. The molecule has 1 amide bonds. The molecule has 0 aliphatic carbocycles. The molecule has 0 fully saturated rings. The summed E-state index contributed by atoms with van der Waals surface area (Å²) in [6, 6.07) is 5.50. The molecule has 2 rings (SSSR count). The Balaban J connectivity index is 1.98. The van der Waals surface area contributed by atoms with Gasteiger partial charge in [0.2, 0.25) is 5.91 Å². The fourth-order valence-corrected chi connectivity index (χ4v) is 2.22. The molecule has 1 aliphatic rings. The predicted molar refractivity (Wildman–Crippen MR) is 78.1 cm³/mol. The zero-order chi connectivity index (χ0) is 14.4. The summed E-state index contributed by atoms with van der Waals surface area (Å²) < 4.78 is 10.6. The molecule has 1 heterocycles. The number of ether oxygens (including phenoxy) is 2. The van der Waals surface area contributed by atoms with Gasteiger partial charge >= 0.3 is 0 Å². The van der Waals surface area contributed by atoms with Gasteiger partial charge in [0, 0.05) is 37.5 Å². The van der Waals surface area contributed by atoms with Crippen molar-refractivity contribution in [2.75, 3.05) is 32.2 Å². The van der Waals surface area contributed by atoms with E-state index in [1.807, 2.05) is 18.2 Å². The second-order valence-electron chi connectivity index (χ2n) is 4.82. The molecule has 0 radical (unpaired) electrons. The summed E-state index contributed by atoms with van der Waals surface area (Å²) in [4.78, 5) is 11.9. The van der Waals surface area contributed by atoms with Crippen molar-refractivity contribution in [3.05, 3.63) is 23.8 Å². The van der Waals surface area contributed by atoms with Gasteiger partial charge in [-0.1, -0.05) is 13.0 Å². The van der Waals surface area contributed by atoms with Crippen LogP contribution in [0.1, 0.15) is 31.4 Å². The van der Waals surface area contributed by atoms with Gasteiger partial charge in [0.05, 0.1) is 6.61 Å². The average molecular weight is 278 g/mol. The minimum atomic E-state index is -0.243. The maximum atomic E-state index is 11.9. The normalized spacial score (nSPS) is 16.9. The molecule has 0 aromatic heterocycles. The smallest absolute Gasteiger partial charge is 0.246 e. The van der Waals surface area contributed by atoms with Gasteiger partial charge in [0.1, 0.15) is 11.8 Å². The van der Waals surface area contributed by atoms with Crippen LogP contribution in [0.15, 0.2) is 18.2 Å². The van der Waals surface area contributed by atoms with Crippen LogP contribution < -0.4 is 15.4 Å². The molecule has 110 valence electrons. The number of hydrogen-bond donors (Lipinski definition) is 2. The maximum Gasteiger partial charge on any atom is 0.246 e.